The number of aromatic amines is 1. The summed E-state index contributed by atoms with van der Waals surface area (Å²) in [6.07, 6.45) is 1.86. The number of anilines is 1. The van der Waals surface area contributed by atoms with Crippen LogP contribution in [-0.2, 0) is 36.1 Å². The van der Waals surface area contributed by atoms with Crippen LogP contribution < -0.4 is 31.2 Å². The summed E-state index contributed by atoms with van der Waals surface area (Å²) in [5.41, 5.74) is 3.56. The number of aryl methyl sites for hydroxylation is 1. The molecule has 51 heavy (non-hydrogen) atoms. The van der Waals surface area contributed by atoms with Crippen molar-refractivity contribution >= 4 is 59.9 Å². The minimum Gasteiger partial charge on any atom is -0.744 e. The number of hydrogen-bond donors (Lipinski definition) is 3. The number of aromatic nitrogens is 1. The maximum atomic E-state index is 13.1. The number of sulfonamides is 1. The Morgan fingerprint density at radius 1 is 0.863 bits per heavy atom. The van der Waals surface area contributed by atoms with Crippen molar-refractivity contribution in [1.29, 1.82) is 0 Å². The first-order chi connectivity index (χ1) is 24.3. The Morgan fingerprint density at radius 3 is 2.16 bits per heavy atom. The standard InChI is InChI=1S/C29H24IN3O5S2.C7H8O3S/c1-38-29(35)26(17-20-18-31-25-6-3-2-5-24(20)25)33-40(36,37)23-14-12-22(13-15-23)32-28(34)19-8-10-21(11-9-19)30-27-7-4-16-39-27;1-6-2-4-7(5-3-6)11(8,9)10/h2-16,18,26,31,33H,17H2,1H3;2-5H,1H3,(H,8,9,10)/t26-;/m1./s1. The van der Waals surface area contributed by atoms with Crippen molar-refractivity contribution in [2.24, 2.45) is 0 Å². The van der Waals surface area contributed by atoms with Gasteiger partial charge in [-0.2, -0.15) is 4.72 Å². The molecule has 2 heterocycles. The number of rotatable bonds is 11. The lowest BCUT2D eigenvalue weighted by Crippen LogP contribution is -3.61. The summed E-state index contributed by atoms with van der Waals surface area (Å²) in [4.78, 5) is 28.1. The Hall–Kier alpha value is -4.39. The van der Waals surface area contributed by atoms with E-state index in [1.807, 2.05) is 49.4 Å². The molecule has 0 unspecified atom stereocenters. The third kappa shape index (κ3) is 10.3. The van der Waals surface area contributed by atoms with Gasteiger partial charge in [-0.15, -0.1) is 0 Å². The van der Waals surface area contributed by atoms with E-state index in [0.29, 0.717) is 11.3 Å². The first kappa shape index (κ1) is 37.9. The molecular formula is C36H32IN3O8S3. The van der Waals surface area contributed by atoms with E-state index < -0.39 is 32.2 Å². The lowest BCUT2D eigenvalue weighted by atomic mass is 10.1. The maximum Gasteiger partial charge on any atom is 0.369 e. The molecule has 0 saturated heterocycles. The van der Waals surface area contributed by atoms with E-state index in [9.17, 15) is 31.0 Å². The molecular weight excluding hydrogens is 826 g/mol. The molecule has 3 N–H and O–H groups in total. The number of esters is 1. The fraction of sp³-hybridized carbons (Fsp3) is 0.111. The number of nitrogens with one attached hydrogen (secondary N) is 3. The first-order valence-electron chi connectivity index (χ1n) is 15.2. The molecule has 6 rings (SSSR count). The van der Waals surface area contributed by atoms with Crippen LogP contribution in [0.5, 0.6) is 0 Å². The fourth-order valence-electron chi connectivity index (χ4n) is 4.80. The van der Waals surface area contributed by atoms with Crippen LogP contribution >= 0.6 is 11.3 Å². The van der Waals surface area contributed by atoms with Gasteiger partial charge in [-0.1, -0.05) is 47.2 Å². The second-order valence-corrected chi connectivity index (χ2v) is 18.7. The number of halogens is 1. The lowest BCUT2D eigenvalue weighted by molar-refractivity contribution is -0.591. The van der Waals surface area contributed by atoms with Gasteiger partial charge < -0.3 is 19.6 Å². The number of H-pyrrole nitrogens is 1. The van der Waals surface area contributed by atoms with Crippen molar-refractivity contribution in [2.45, 2.75) is 29.2 Å². The van der Waals surface area contributed by atoms with Crippen LogP contribution in [-0.4, -0.2) is 51.4 Å². The number of benzene rings is 4. The fourth-order valence-corrected chi connectivity index (χ4v) is 10.1. The molecule has 0 aliphatic heterocycles. The zero-order chi connectivity index (χ0) is 36.6. The van der Waals surface area contributed by atoms with Gasteiger partial charge in [0.25, 0.3) is 5.91 Å². The molecule has 0 spiro atoms. The molecule has 4 aromatic carbocycles. The van der Waals surface area contributed by atoms with Crippen LogP contribution in [0.25, 0.3) is 10.9 Å². The smallest absolute Gasteiger partial charge is 0.369 e. The molecule has 264 valence electrons. The summed E-state index contributed by atoms with van der Waals surface area (Å²) in [6, 6.07) is 29.7. The molecule has 0 aliphatic rings. The average Bonchev–Trinajstić information content (AvgIpc) is 3.78. The van der Waals surface area contributed by atoms with E-state index in [-0.39, 0.29) is 43.3 Å². The van der Waals surface area contributed by atoms with Crippen molar-refractivity contribution in [1.82, 2.24) is 9.71 Å². The lowest BCUT2D eigenvalue weighted by Gasteiger charge is -2.17. The topological polar surface area (TPSA) is 175 Å². The predicted octanol–water partition coefficient (Wildman–Crippen LogP) is 2.57. The van der Waals surface area contributed by atoms with Crippen molar-refractivity contribution in [2.75, 3.05) is 12.4 Å². The predicted molar refractivity (Wildman–Crippen MR) is 190 cm³/mol. The molecule has 0 aliphatic carbocycles. The zero-order valence-electron chi connectivity index (χ0n) is 27.2. The van der Waals surface area contributed by atoms with E-state index in [4.69, 9.17) is 4.74 Å². The summed E-state index contributed by atoms with van der Waals surface area (Å²) in [5, 5.41) is 5.76. The zero-order valence-corrected chi connectivity index (χ0v) is 31.8. The Kier molecular flexibility index (Phi) is 12.4. The number of hydrogen-bond acceptors (Lipinski definition) is 9. The largest absolute Gasteiger partial charge is 0.744 e. The van der Waals surface area contributed by atoms with Crippen molar-refractivity contribution in [3.8, 4) is 0 Å². The Bertz CT molecular complexity index is 2330. The highest BCUT2D eigenvalue weighted by Gasteiger charge is 2.28. The summed E-state index contributed by atoms with van der Waals surface area (Å²) >= 11 is 1.47. The number of carbonyl (C=O) groups is 2. The molecule has 11 nitrogen and oxygen atoms in total. The monoisotopic (exact) mass is 857 g/mol. The van der Waals surface area contributed by atoms with Crippen LogP contribution in [0.4, 0.5) is 5.69 Å². The van der Waals surface area contributed by atoms with Gasteiger partial charge in [-0.25, -0.2) is 16.8 Å². The molecule has 15 heteroatoms. The summed E-state index contributed by atoms with van der Waals surface area (Å²) in [6.45, 7) is 1.82. The quantitative estimate of drug-likeness (QED) is 0.101. The number of ether oxygens (including phenoxy) is 1. The minimum absolute atomic E-state index is 0.0415. The van der Waals surface area contributed by atoms with E-state index in [2.05, 4.69) is 26.5 Å². The molecule has 1 atom stereocenters. The molecule has 2 aromatic heterocycles. The number of carbonyl (C=O) groups excluding carboxylic acids is 2. The maximum absolute atomic E-state index is 13.1. The van der Waals surface area contributed by atoms with E-state index in [1.165, 1.54) is 50.0 Å². The summed E-state index contributed by atoms with van der Waals surface area (Å²) < 4.78 is 67.4. The second-order valence-electron chi connectivity index (χ2n) is 11.0. The van der Waals surface area contributed by atoms with Gasteiger partial charge >= 0.3 is 27.2 Å². The Labute approximate surface area is 310 Å². The number of thiophene rings is 1. The van der Waals surface area contributed by atoms with Crippen LogP contribution in [0.2, 0.25) is 0 Å². The molecule has 6 aromatic rings. The van der Waals surface area contributed by atoms with Crippen LogP contribution in [0.15, 0.2) is 131 Å². The van der Waals surface area contributed by atoms with E-state index in [0.717, 1.165) is 22.0 Å². The molecule has 0 saturated carbocycles. The molecule has 1 amide bonds. The Balaban J connectivity index is 0.000000392. The number of amides is 1. The highest BCUT2D eigenvalue weighted by atomic mass is 127. The number of para-hydroxylation sites is 1. The second kappa shape index (κ2) is 16.8. The van der Waals surface area contributed by atoms with Gasteiger partial charge in [0.05, 0.1) is 16.9 Å². The van der Waals surface area contributed by atoms with Gasteiger partial charge in [0.1, 0.15) is 16.2 Å². The van der Waals surface area contributed by atoms with Gasteiger partial charge in [0.15, 0.2) is 3.57 Å². The SMILES string of the molecule is COC(=O)[C@@H](Cc1c[nH]c2ccccc12)NS(=O)(=O)c1ccc(NC(=O)c2ccc([I+]c3cccs3)cc2)cc1.Cc1ccc(S(=O)(=O)[O-])cc1. The van der Waals surface area contributed by atoms with Crippen LogP contribution in [0.3, 0.4) is 0 Å². The van der Waals surface area contributed by atoms with Crippen molar-refractivity contribution in [3.63, 3.8) is 0 Å². The minimum atomic E-state index is -4.27. The van der Waals surface area contributed by atoms with Gasteiger partial charge in [-0.3, -0.25) is 9.59 Å². The Morgan fingerprint density at radius 2 is 1.53 bits per heavy atom. The third-order valence-electron chi connectivity index (χ3n) is 7.41. The van der Waals surface area contributed by atoms with Gasteiger partial charge in [0, 0.05) is 40.8 Å². The summed E-state index contributed by atoms with van der Waals surface area (Å²) in [5.74, 6) is -0.986. The van der Waals surface area contributed by atoms with Crippen molar-refractivity contribution < 1.29 is 56.9 Å². The third-order valence-corrected chi connectivity index (χ3v) is 13.9. The highest BCUT2D eigenvalue weighted by Crippen LogP contribution is 2.21. The normalized spacial score (nSPS) is 12.1. The average molecular weight is 858 g/mol. The molecule has 0 fully saturated rings. The van der Waals surface area contributed by atoms with E-state index in [1.54, 1.807) is 41.8 Å². The number of methoxy groups -OCH3 is 1. The first-order valence-corrected chi connectivity index (χ1v) is 21.1. The number of fused-ring (bicyclic) bond motifs is 1. The molecule has 0 radical (unpaired) electrons. The summed E-state index contributed by atoms with van der Waals surface area (Å²) in [7, 11) is -7.12. The van der Waals surface area contributed by atoms with Gasteiger partial charge in [-0.05, 0) is 90.7 Å². The van der Waals surface area contributed by atoms with Crippen LogP contribution in [0.1, 0.15) is 21.5 Å². The van der Waals surface area contributed by atoms with Crippen LogP contribution in [0, 0.1) is 13.4 Å². The van der Waals surface area contributed by atoms with E-state index >= 15 is 0 Å². The van der Waals surface area contributed by atoms with Crippen molar-refractivity contribution in [3.05, 3.63) is 144 Å². The van der Waals surface area contributed by atoms with Gasteiger partial charge in [0.2, 0.25) is 12.9 Å². The molecule has 0 bridgehead atoms. The highest BCUT2D eigenvalue weighted by molar-refractivity contribution is 7.89.